The summed E-state index contributed by atoms with van der Waals surface area (Å²) in [5, 5.41) is 1.08. The molecule has 0 atom stereocenters. The molecule has 4 rings (SSSR count). The van der Waals surface area contributed by atoms with Crippen molar-refractivity contribution in [3.05, 3.63) is 76.2 Å². The van der Waals surface area contributed by atoms with Crippen LogP contribution in [0.1, 0.15) is 15.9 Å². The van der Waals surface area contributed by atoms with Gasteiger partial charge in [-0.15, -0.1) is 0 Å². The second kappa shape index (κ2) is 8.10. The molecule has 8 heteroatoms. The normalized spacial score (nSPS) is 16.9. The van der Waals surface area contributed by atoms with Crippen LogP contribution < -0.4 is 14.9 Å². The van der Waals surface area contributed by atoms with Crippen molar-refractivity contribution in [2.45, 2.75) is 0 Å². The molecule has 0 spiro atoms. The molecule has 0 bridgehead atoms. The van der Waals surface area contributed by atoms with E-state index < -0.39 is 5.91 Å². The predicted molar refractivity (Wildman–Crippen MR) is 115 cm³/mol. The average molecular weight is 425 g/mol. The maximum atomic E-state index is 12.8. The van der Waals surface area contributed by atoms with E-state index in [4.69, 9.17) is 21.7 Å². The number of thiocarbonyl (C=S) groups is 1. The third kappa shape index (κ3) is 3.90. The summed E-state index contributed by atoms with van der Waals surface area (Å²) in [6, 6.07) is 14.4. The second-order valence-corrected chi connectivity index (χ2v) is 7.88. The minimum atomic E-state index is -0.478. The van der Waals surface area contributed by atoms with Gasteiger partial charge in [-0.1, -0.05) is 42.1 Å². The molecule has 2 aliphatic rings. The molecule has 0 unspecified atom stereocenters. The molecule has 0 radical (unpaired) electrons. The molecule has 1 fully saturated rings. The number of para-hydroxylation sites is 2. The van der Waals surface area contributed by atoms with Crippen LogP contribution in [0.3, 0.4) is 0 Å². The van der Waals surface area contributed by atoms with Crippen LogP contribution in [-0.4, -0.2) is 34.9 Å². The number of amides is 2. The molecular formula is C21H16N2O4S2. The van der Waals surface area contributed by atoms with Crippen molar-refractivity contribution >= 4 is 46.2 Å². The number of nitrogens with one attached hydrogen (secondary N) is 1. The van der Waals surface area contributed by atoms with E-state index in [1.165, 1.54) is 7.11 Å². The second-order valence-electron chi connectivity index (χ2n) is 6.20. The molecule has 29 heavy (non-hydrogen) atoms. The molecule has 6 nitrogen and oxygen atoms in total. The van der Waals surface area contributed by atoms with E-state index in [1.54, 1.807) is 30.3 Å². The molecule has 0 saturated carbocycles. The van der Waals surface area contributed by atoms with Gasteiger partial charge in [0, 0.05) is 5.56 Å². The first kappa shape index (κ1) is 19.2. The summed E-state index contributed by atoms with van der Waals surface area (Å²) < 4.78 is 11.2. The van der Waals surface area contributed by atoms with Gasteiger partial charge in [0.05, 0.1) is 17.6 Å². The highest BCUT2D eigenvalue weighted by Gasteiger charge is 2.34. The van der Waals surface area contributed by atoms with Crippen LogP contribution in [0.2, 0.25) is 0 Å². The van der Waals surface area contributed by atoms with Crippen LogP contribution >= 0.6 is 24.0 Å². The number of carbonyl (C=O) groups excluding carboxylic acids is 2. The average Bonchev–Trinajstić information content (AvgIpc) is 3.00. The Morgan fingerprint density at radius 2 is 2.00 bits per heavy atom. The van der Waals surface area contributed by atoms with Crippen molar-refractivity contribution < 1.29 is 19.1 Å². The number of methoxy groups -OCH3 is 1. The van der Waals surface area contributed by atoms with Crippen LogP contribution in [-0.2, 0) is 4.79 Å². The Balaban J connectivity index is 1.53. The first-order valence-electron chi connectivity index (χ1n) is 8.71. The van der Waals surface area contributed by atoms with Gasteiger partial charge >= 0.3 is 0 Å². The Morgan fingerprint density at radius 3 is 2.83 bits per heavy atom. The fourth-order valence-corrected chi connectivity index (χ4v) is 4.14. The number of nitrogens with zero attached hydrogens (tertiary/aromatic N) is 1. The Hall–Kier alpha value is -3.10. The minimum absolute atomic E-state index is 0.252. The lowest BCUT2D eigenvalue weighted by Crippen LogP contribution is -2.44. The van der Waals surface area contributed by atoms with E-state index in [2.05, 4.69) is 5.43 Å². The highest BCUT2D eigenvalue weighted by molar-refractivity contribution is 8.26. The summed E-state index contributed by atoms with van der Waals surface area (Å²) in [5.41, 5.74) is 4.67. The largest absolute Gasteiger partial charge is 0.496 e. The standard InChI is InChI=1S/C21H16N2O4S2/c1-26-17-9-5-3-7-15(17)19(24)22-23-20(25)18(29-21(23)28)11-13-10-14-6-2-4-8-16(14)27-12-13/h2-11H,12H2,1H3,(H,22,24). The number of thioether (sulfide) groups is 1. The van der Waals surface area contributed by atoms with Gasteiger partial charge in [0.15, 0.2) is 4.32 Å². The summed E-state index contributed by atoms with van der Waals surface area (Å²) in [6.45, 7) is 0.356. The van der Waals surface area contributed by atoms with Crippen LogP contribution in [0.15, 0.2) is 65.1 Å². The highest BCUT2D eigenvalue weighted by Crippen LogP contribution is 2.33. The van der Waals surface area contributed by atoms with Gasteiger partial charge < -0.3 is 9.47 Å². The molecule has 0 aliphatic carbocycles. The van der Waals surface area contributed by atoms with Gasteiger partial charge in [-0.3, -0.25) is 15.0 Å². The van der Waals surface area contributed by atoms with Gasteiger partial charge in [0.1, 0.15) is 18.1 Å². The van der Waals surface area contributed by atoms with Crippen LogP contribution in [0, 0.1) is 0 Å². The minimum Gasteiger partial charge on any atom is -0.496 e. The van der Waals surface area contributed by atoms with Crippen molar-refractivity contribution in [3.63, 3.8) is 0 Å². The number of hydrogen-bond donors (Lipinski definition) is 1. The first-order chi connectivity index (χ1) is 14.1. The Bertz CT molecular complexity index is 1080. The van der Waals surface area contributed by atoms with Gasteiger partial charge in [0.25, 0.3) is 11.8 Å². The van der Waals surface area contributed by atoms with Crippen LogP contribution in [0.5, 0.6) is 11.5 Å². The fourth-order valence-electron chi connectivity index (χ4n) is 2.94. The molecule has 146 valence electrons. The van der Waals surface area contributed by atoms with Crippen molar-refractivity contribution in [3.8, 4) is 11.5 Å². The van der Waals surface area contributed by atoms with E-state index in [9.17, 15) is 9.59 Å². The number of hydrogen-bond acceptors (Lipinski definition) is 6. The molecule has 1 saturated heterocycles. The quantitative estimate of drug-likeness (QED) is 0.598. The smallest absolute Gasteiger partial charge is 0.285 e. The van der Waals surface area contributed by atoms with Crippen LogP contribution in [0.25, 0.3) is 6.08 Å². The van der Waals surface area contributed by atoms with Gasteiger partial charge in [-0.05, 0) is 48.1 Å². The van der Waals surface area contributed by atoms with Gasteiger partial charge in [-0.2, -0.15) is 5.01 Å². The number of rotatable bonds is 4. The van der Waals surface area contributed by atoms with E-state index in [1.807, 2.05) is 30.3 Å². The highest BCUT2D eigenvalue weighted by atomic mass is 32.2. The third-order valence-electron chi connectivity index (χ3n) is 4.33. The number of carbonyl (C=O) groups is 2. The first-order valence-corrected chi connectivity index (χ1v) is 9.93. The van der Waals surface area contributed by atoms with E-state index in [0.29, 0.717) is 22.8 Å². The molecule has 2 aliphatic heterocycles. The molecule has 0 aromatic heterocycles. The lowest BCUT2D eigenvalue weighted by molar-refractivity contribution is -0.123. The molecule has 2 heterocycles. The van der Waals surface area contributed by atoms with E-state index in [-0.39, 0.29) is 10.2 Å². The van der Waals surface area contributed by atoms with Crippen molar-refractivity contribution in [1.29, 1.82) is 0 Å². The zero-order valence-corrected chi connectivity index (χ0v) is 17.0. The zero-order chi connectivity index (χ0) is 20.4. The van der Waals surface area contributed by atoms with Crippen molar-refractivity contribution in [2.24, 2.45) is 0 Å². The number of fused-ring (bicyclic) bond motifs is 1. The summed E-state index contributed by atoms with van der Waals surface area (Å²) in [7, 11) is 1.48. The van der Waals surface area contributed by atoms with Crippen LogP contribution in [0.4, 0.5) is 0 Å². The maximum Gasteiger partial charge on any atom is 0.285 e. The SMILES string of the molecule is COc1ccccc1C(=O)NN1C(=O)C(=CC2=Cc3ccccc3OC2)SC1=S. The summed E-state index contributed by atoms with van der Waals surface area (Å²) in [5.74, 6) is 0.354. The topological polar surface area (TPSA) is 67.9 Å². The molecule has 2 aromatic carbocycles. The summed E-state index contributed by atoms with van der Waals surface area (Å²) in [4.78, 5) is 25.8. The zero-order valence-electron chi connectivity index (χ0n) is 15.4. The number of benzene rings is 2. The Kier molecular flexibility index (Phi) is 5.37. The van der Waals surface area contributed by atoms with Crippen molar-refractivity contribution in [1.82, 2.24) is 10.4 Å². The molecular weight excluding hydrogens is 408 g/mol. The molecule has 1 N–H and O–H groups in total. The lowest BCUT2D eigenvalue weighted by Gasteiger charge is -2.17. The predicted octanol–water partition coefficient (Wildman–Crippen LogP) is 3.56. The monoisotopic (exact) mass is 424 g/mol. The lowest BCUT2D eigenvalue weighted by atomic mass is 10.1. The summed E-state index contributed by atoms with van der Waals surface area (Å²) >= 11 is 6.42. The number of hydrazine groups is 1. The Morgan fingerprint density at radius 1 is 1.24 bits per heavy atom. The van der Waals surface area contributed by atoms with Gasteiger partial charge in [0.2, 0.25) is 0 Å². The fraction of sp³-hybridized carbons (Fsp3) is 0.0952. The van der Waals surface area contributed by atoms with E-state index >= 15 is 0 Å². The van der Waals surface area contributed by atoms with E-state index in [0.717, 1.165) is 33.7 Å². The molecule has 2 aromatic rings. The van der Waals surface area contributed by atoms with Gasteiger partial charge in [-0.25, -0.2) is 0 Å². The number of ether oxygens (including phenoxy) is 2. The van der Waals surface area contributed by atoms with Crippen molar-refractivity contribution in [2.75, 3.05) is 13.7 Å². The maximum absolute atomic E-state index is 12.8. The molecule has 2 amide bonds. The Labute approximate surface area is 177 Å². The summed E-state index contributed by atoms with van der Waals surface area (Å²) in [6.07, 6.45) is 3.71. The third-order valence-corrected chi connectivity index (χ3v) is 5.63.